The Balaban J connectivity index is 2.56. The quantitative estimate of drug-likeness (QED) is 0.796. The minimum absolute atomic E-state index is 0.0688. The largest absolute Gasteiger partial charge is 0.463 e. The van der Waals surface area contributed by atoms with E-state index in [2.05, 4.69) is 20.5 Å². The molecule has 1 rings (SSSR count). The molecule has 0 aliphatic carbocycles. The summed E-state index contributed by atoms with van der Waals surface area (Å²) in [6.07, 6.45) is 0. The molecule has 6 heteroatoms. The van der Waals surface area contributed by atoms with Crippen LogP contribution in [0.25, 0.3) is 0 Å². The zero-order valence-electron chi connectivity index (χ0n) is 10.1. The number of hydrogen-bond acceptors (Lipinski definition) is 4. The van der Waals surface area contributed by atoms with E-state index < -0.39 is 0 Å². The number of nitrogens with one attached hydrogen (secondary N) is 2. The lowest BCUT2D eigenvalue weighted by Gasteiger charge is -2.13. The van der Waals surface area contributed by atoms with Gasteiger partial charge in [0.15, 0.2) is 0 Å². The van der Waals surface area contributed by atoms with Gasteiger partial charge < -0.3 is 4.74 Å². The number of rotatable bonds is 5. The van der Waals surface area contributed by atoms with Crippen LogP contribution in [-0.2, 0) is 4.79 Å². The van der Waals surface area contributed by atoms with E-state index >= 15 is 0 Å². The van der Waals surface area contributed by atoms with Gasteiger partial charge in [0.2, 0.25) is 11.9 Å². The Hall–Kier alpha value is -1.59. The Kier molecular flexibility index (Phi) is 4.28. The van der Waals surface area contributed by atoms with Gasteiger partial charge in [0, 0.05) is 5.92 Å². The van der Waals surface area contributed by atoms with E-state index in [0.29, 0.717) is 12.6 Å². The summed E-state index contributed by atoms with van der Waals surface area (Å²) in [7, 11) is 0. The Morgan fingerprint density at radius 2 is 2.19 bits per heavy atom. The average Bonchev–Trinajstić information content (AvgIpc) is 2.65. The van der Waals surface area contributed by atoms with Gasteiger partial charge in [-0.1, -0.05) is 20.8 Å². The molecule has 16 heavy (non-hydrogen) atoms. The highest BCUT2D eigenvalue weighted by Gasteiger charge is 2.18. The Bertz CT molecular complexity index is 348. The van der Waals surface area contributed by atoms with Crippen LogP contribution in [0.1, 0.15) is 27.7 Å². The summed E-state index contributed by atoms with van der Waals surface area (Å²) in [5.41, 5.74) is 0. The third kappa shape index (κ3) is 3.22. The van der Waals surface area contributed by atoms with Gasteiger partial charge in [-0.15, -0.1) is 5.10 Å². The third-order valence-electron chi connectivity index (χ3n) is 2.39. The first-order valence-electron chi connectivity index (χ1n) is 5.40. The van der Waals surface area contributed by atoms with Crippen molar-refractivity contribution in [2.75, 3.05) is 11.9 Å². The molecule has 1 heterocycles. The number of carbonyl (C=O) groups excluding carboxylic acids is 1. The molecule has 1 aromatic rings. The van der Waals surface area contributed by atoms with Crippen molar-refractivity contribution in [3.63, 3.8) is 0 Å². The molecule has 0 saturated heterocycles. The van der Waals surface area contributed by atoms with E-state index in [1.807, 2.05) is 27.7 Å². The van der Waals surface area contributed by atoms with E-state index in [4.69, 9.17) is 4.74 Å². The first kappa shape index (κ1) is 12.5. The van der Waals surface area contributed by atoms with Crippen molar-refractivity contribution in [2.24, 2.45) is 11.8 Å². The maximum Gasteiger partial charge on any atom is 0.337 e. The topological polar surface area (TPSA) is 79.9 Å². The number of aromatic nitrogens is 3. The van der Waals surface area contributed by atoms with Crippen molar-refractivity contribution in [3.05, 3.63) is 0 Å². The summed E-state index contributed by atoms with van der Waals surface area (Å²) in [4.78, 5) is 15.6. The number of ether oxygens (including phenoxy) is 1. The lowest BCUT2D eigenvalue weighted by molar-refractivity contribution is -0.120. The summed E-state index contributed by atoms with van der Waals surface area (Å²) in [6, 6.07) is 0.245. The zero-order valence-corrected chi connectivity index (χ0v) is 10.1. The molecular weight excluding hydrogens is 208 g/mol. The molecule has 2 N–H and O–H groups in total. The monoisotopic (exact) mass is 226 g/mol. The van der Waals surface area contributed by atoms with Crippen LogP contribution in [0.2, 0.25) is 0 Å². The molecule has 0 aromatic carbocycles. The highest BCUT2D eigenvalue weighted by atomic mass is 16.5. The summed E-state index contributed by atoms with van der Waals surface area (Å²) in [5.74, 6) is 0.463. The summed E-state index contributed by atoms with van der Waals surface area (Å²) in [5, 5.41) is 9.04. The summed E-state index contributed by atoms with van der Waals surface area (Å²) < 4.78 is 5.07. The maximum absolute atomic E-state index is 11.7. The summed E-state index contributed by atoms with van der Waals surface area (Å²) in [6.45, 7) is 8.20. The predicted octanol–water partition coefficient (Wildman–Crippen LogP) is 1.43. The smallest absolute Gasteiger partial charge is 0.337 e. The number of carbonyl (C=O) groups is 1. The normalized spacial score (nSPS) is 12.6. The molecule has 0 aliphatic heterocycles. The molecule has 0 fully saturated rings. The third-order valence-corrected chi connectivity index (χ3v) is 2.39. The number of aromatic amines is 1. The van der Waals surface area contributed by atoms with Crippen molar-refractivity contribution in [1.29, 1.82) is 0 Å². The molecule has 1 amide bonds. The SMILES string of the molecule is CCOc1n[nH]c(NC(=O)C(C)C(C)C)n1. The van der Waals surface area contributed by atoms with E-state index in [-0.39, 0.29) is 23.8 Å². The van der Waals surface area contributed by atoms with E-state index in [1.165, 1.54) is 0 Å². The second-order valence-electron chi connectivity index (χ2n) is 3.92. The number of amides is 1. The van der Waals surface area contributed by atoms with Crippen LogP contribution in [-0.4, -0.2) is 27.7 Å². The summed E-state index contributed by atoms with van der Waals surface area (Å²) >= 11 is 0. The van der Waals surface area contributed by atoms with Crippen molar-refractivity contribution >= 4 is 11.9 Å². The van der Waals surface area contributed by atoms with Crippen LogP contribution < -0.4 is 10.1 Å². The average molecular weight is 226 g/mol. The molecule has 90 valence electrons. The van der Waals surface area contributed by atoms with Gasteiger partial charge in [-0.25, -0.2) is 5.10 Å². The molecule has 0 radical (unpaired) electrons. The fourth-order valence-corrected chi connectivity index (χ4v) is 1.03. The fraction of sp³-hybridized carbons (Fsp3) is 0.700. The second-order valence-corrected chi connectivity index (χ2v) is 3.92. The van der Waals surface area contributed by atoms with Crippen LogP contribution in [0.3, 0.4) is 0 Å². The molecule has 0 bridgehead atoms. The van der Waals surface area contributed by atoms with Gasteiger partial charge in [0.05, 0.1) is 6.61 Å². The van der Waals surface area contributed by atoms with Gasteiger partial charge in [-0.3, -0.25) is 10.1 Å². The van der Waals surface area contributed by atoms with Crippen molar-refractivity contribution < 1.29 is 9.53 Å². The van der Waals surface area contributed by atoms with Gasteiger partial charge >= 0.3 is 6.01 Å². The van der Waals surface area contributed by atoms with Gasteiger partial charge in [0.25, 0.3) is 0 Å². The maximum atomic E-state index is 11.7. The predicted molar refractivity (Wildman–Crippen MR) is 60.2 cm³/mol. The first-order chi connectivity index (χ1) is 7.54. The van der Waals surface area contributed by atoms with Crippen molar-refractivity contribution in [1.82, 2.24) is 15.2 Å². The van der Waals surface area contributed by atoms with E-state index in [1.54, 1.807) is 0 Å². The Morgan fingerprint density at radius 1 is 1.50 bits per heavy atom. The molecule has 1 atom stereocenters. The van der Waals surface area contributed by atoms with Crippen molar-refractivity contribution in [3.8, 4) is 6.01 Å². The Labute approximate surface area is 94.8 Å². The van der Waals surface area contributed by atoms with E-state index in [9.17, 15) is 4.79 Å². The molecule has 0 aliphatic rings. The van der Waals surface area contributed by atoms with Crippen LogP contribution >= 0.6 is 0 Å². The Morgan fingerprint density at radius 3 is 2.75 bits per heavy atom. The zero-order chi connectivity index (χ0) is 12.1. The minimum atomic E-state index is -0.0748. The standard InChI is InChI=1S/C10H18N4O2/c1-5-16-10-12-9(13-14-10)11-8(15)7(4)6(2)3/h6-7H,5H2,1-4H3,(H2,11,12,13,14,15). The highest BCUT2D eigenvalue weighted by Crippen LogP contribution is 2.12. The minimum Gasteiger partial charge on any atom is -0.463 e. The molecule has 6 nitrogen and oxygen atoms in total. The number of H-pyrrole nitrogens is 1. The van der Waals surface area contributed by atoms with Crippen molar-refractivity contribution in [2.45, 2.75) is 27.7 Å². The van der Waals surface area contributed by atoms with Crippen LogP contribution in [0.15, 0.2) is 0 Å². The fourth-order valence-electron chi connectivity index (χ4n) is 1.03. The number of hydrogen-bond donors (Lipinski definition) is 2. The number of nitrogens with zero attached hydrogens (tertiary/aromatic N) is 2. The lowest BCUT2D eigenvalue weighted by atomic mass is 9.97. The van der Waals surface area contributed by atoms with Crippen LogP contribution in [0, 0.1) is 11.8 Å². The molecule has 1 aromatic heterocycles. The van der Waals surface area contributed by atoms with Gasteiger partial charge in [0.1, 0.15) is 0 Å². The highest BCUT2D eigenvalue weighted by molar-refractivity contribution is 5.90. The second kappa shape index (κ2) is 5.48. The molecule has 0 spiro atoms. The van der Waals surface area contributed by atoms with E-state index in [0.717, 1.165) is 0 Å². The van der Waals surface area contributed by atoms with Gasteiger partial charge in [-0.05, 0) is 12.8 Å². The molecular formula is C10H18N4O2. The number of anilines is 1. The molecule has 0 saturated carbocycles. The molecule has 1 unspecified atom stereocenters. The van der Waals surface area contributed by atoms with Gasteiger partial charge in [-0.2, -0.15) is 4.98 Å². The van der Waals surface area contributed by atoms with Crippen LogP contribution in [0.5, 0.6) is 6.01 Å². The van der Waals surface area contributed by atoms with Crippen LogP contribution in [0.4, 0.5) is 5.95 Å². The first-order valence-corrected chi connectivity index (χ1v) is 5.40. The lowest BCUT2D eigenvalue weighted by Crippen LogP contribution is -2.24.